The molecule has 2 rings (SSSR count). The maximum atomic E-state index is 12.0. The van der Waals surface area contributed by atoms with Crippen molar-refractivity contribution in [1.29, 1.82) is 0 Å². The summed E-state index contributed by atoms with van der Waals surface area (Å²) in [6, 6.07) is 9.47. The number of carbonyl (C=O) groups excluding carboxylic acids is 2. The number of methoxy groups -OCH3 is 1. The predicted octanol–water partition coefficient (Wildman–Crippen LogP) is 2.17. The highest BCUT2D eigenvalue weighted by Gasteiger charge is 2.67. The minimum Gasteiger partial charge on any atom is -0.469 e. The van der Waals surface area contributed by atoms with Crippen LogP contribution in [0.1, 0.15) is 19.4 Å². The molecule has 0 bridgehead atoms. The van der Waals surface area contributed by atoms with Gasteiger partial charge in [-0.3, -0.25) is 9.59 Å². The number of benzene rings is 1. The zero-order valence-corrected chi connectivity index (χ0v) is 11.4. The lowest BCUT2D eigenvalue weighted by atomic mass is 10.1. The molecule has 2 atom stereocenters. The van der Waals surface area contributed by atoms with E-state index in [4.69, 9.17) is 9.47 Å². The Balaban J connectivity index is 1.93. The van der Waals surface area contributed by atoms with Gasteiger partial charge in [0.15, 0.2) is 0 Å². The van der Waals surface area contributed by atoms with Gasteiger partial charge in [0, 0.05) is 0 Å². The van der Waals surface area contributed by atoms with E-state index in [2.05, 4.69) is 0 Å². The normalized spacial score (nSPS) is 23.5. The van der Waals surface area contributed by atoms with Gasteiger partial charge in [0.1, 0.15) is 6.61 Å². The van der Waals surface area contributed by atoms with E-state index in [9.17, 15) is 9.59 Å². The SMILES string of the molecule is COC(=O)[C@@H]1[C@H](C(=O)OCc2ccccc2)C1(C)C. The molecule has 1 aliphatic rings. The predicted molar refractivity (Wildman–Crippen MR) is 69.0 cm³/mol. The van der Waals surface area contributed by atoms with Crippen LogP contribution in [0.2, 0.25) is 0 Å². The molecular formula is C15H18O4. The largest absolute Gasteiger partial charge is 0.469 e. The molecule has 0 amide bonds. The number of hydrogen-bond acceptors (Lipinski definition) is 4. The summed E-state index contributed by atoms with van der Waals surface area (Å²) in [5.41, 5.74) is 0.560. The number of ether oxygens (including phenoxy) is 2. The van der Waals surface area contributed by atoms with Crippen molar-refractivity contribution in [2.24, 2.45) is 17.3 Å². The Morgan fingerprint density at radius 2 is 1.68 bits per heavy atom. The second-order valence-electron chi connectivity index (χ2n) is 5.39. The van der Waals surface area contributed by atoms with Crippen molar-refractivity contribution in [1.82, 2.24) is 0 Å². The van der Waals surface area contributed by atoms with Crippen LogP contribution in [-0.2, 0) is 25.7 Å². The molecular weight excluding hydrogens is 244 g/mol. The van der Waals surface area contributed by atoms with Crippen molar-refractivity contribution in [2.75, 3.05) is 7.11 Å². The van der Waals surface area contributed by atoms with Crippen LogP contribution in [0, 0.1) is 17.3 Å². The molecule has 0 aliphatic heterocycles. The van der Waals surface area contributed by atoms with Gasteiger partial charge in [0.25, 0.3) is 0 Å². The Morgan fingerprint density at radius 1 is 1.11 bits per heavy atom. The van der Waals surface area contributed by atoms with Gasteiger partial charge in [-0.15, -0.1) is 0 Å². The van der Waals surface area contributed by atoms with Crippen molar-refractivity contribution in [3.8, 4) is 0 Å². The lowest BCUT2D eigenvalue weighted by Crippen LogP contribution is -2.12. The van der Waals surface area contributed by atoms with Crippen LogP contribution in [0.5, 0.6) is 0 Å². The summed E-state index contributed by atoms with van der Waals surface area (Å²) in [6.07, 6.45) is 0. The van der Waals surface area contributed by atoms with Gasteiger partial charge in [0.2, 0.25) is 0 Å². The number of carbonyl (C=O) groups is 2. The van der Waals surface area contributed by atoms with Crippen LogP contribution in [0.15, 0.2) is 30.3 Å². The number of hydrogen-bond donors (Lipinski definition) is 0. The van der Waals surface area contributed by atoms with Crippen LogP contribution in [0.4, 0.5) is 0 Å². The van der Waals surface area contributed by atoms with Crippen LogP contribution < -0.4 is 0 Å². The summed E-state index contributed by atoms with van der Waals surface area (Å²) >= 11 is 0. The highest BCUT2D eigenvalue weighted by Crippen LogP contribution is 2.59. The first-order valence-corrected chi connectivity index (χ1v) is 6.27. The Bertz CT molecular complexity index is 478. The van der Waals surface area contributed by atoms with Gasteiger partial charge < -0.3 is 9.47 Å². The molecule has 0 saturated heterocycles. The molecule has 0 spiro atoms. The fourth-order valence-electron chi connectivity index (χ4n) is 2.46. The first-order valence-electron chi connectivity index (χ1n) is 6.27. The first-order chi connectivity index (χ1) is 8.98. The van der Waals surface area contributed by atoms with E-state index >= 15 is 0 Å². The molecule has 0 radical (unpaired) electrons. The standard InChI is InChI=1S/C15H18O4/c1-15(2)11(13(16)18-3)12(15)14(17)19-9-10-7-5-4-6-8-10/h4-8,11-12H,9H2,1-3H3/t11-,12+/m0/s1. The summed E-state index contributed by atoms with van der Waals surface area (Å²) in [5, 5.41) is 0. The minimum atomic E-state index is -0.399. The average molecular weight is 262 g/mol. The fourth-order valence-corrected chi connectivity index (χ4v) is 2.46. The van der Waals surface area contributed by atoms with Gasteiger partial charge in [0.05, 0.1) is 18.9 Å². The highest BCUT2D eigenvalue weighted by molar-refractivity contribution is 5.89. The van der Waals surface area contributed by atoms with Crippen LogP contribution >= 0.6 is 0 Å². The maximum absolute atomic E-state index is 12.0. The smallest absolute Gasteiger partial charge is 0.310 e. The van der Waals surface area contributed by atoms with Crippen molar-refractivity contribution >= 4 is 11.9 Å². The molecule has 0 N–H and O–H groups in total. The van der Waals surface area contributed by atoms with E-state index in [1.54, 1.807) is 0 Å². The summed E-state index contributed by atoms with van der Waals surface area (Å²) in [6.45, 7) is 3.99. The van der Waals surface area contributed by atoms with Crippen LogP contribution in [0.3, 0.4) is 0 Å². The van der Waals surface area contributed by atoms with E-state index in [1.807, 2.05) is 44.2 Å². The average Bonchev–Trinajstić information content (AvgIpc) is 2.99. The Kier molecular flexibility index (Phi) is 3.60. The third-order valence-electron chi connectivity index (χ3n) is 3.76. The van der Waals surface area contributed by atoms with Gasteiger partial charge in [-0.05, 0) is 11.0 Å². The molecule has 1 fully saturated rings. The minimum absolute atomic E-state index is 0.236. The first kappa shape index (κ1) is 13.6. The molecule has 4 heteroatoms. The molecule has 0 unspecified atom stereocenters. The summed E-state index contributed by atoms with van der Waals surface area (Å²) in [7, 11) is 1.34. The molecule has 1 saturated carbocycles. The van der Waals surface area contributed by atoms with Crippen molar-refractivity contribution in [3.05, 3.63) is 35.9 Å². The van der Waals surface area contributed by atoms with E-state index < -0.39 is 5.92 Å². The highest BCUT2D eigenvalue weighted by atomic mass is 16.5. The zero-order valence-electron chi connectivity index (χ0n) is 11.4. The van der Waals surface area contributed by atoms with Gasteiger partial charge >= 0.3 is 11.9 Å². The summed E-state index contributed by atoms with van der Waals surface area (Å²) in [4.78, 5) is 23.5. The molecule has 19 heavy (non-hydrogen) atoms. The van der Waals surface area contributed by atoms with Crippen molar-refractivity contribution in [2.45, 2.75) is 20.5 Å². The maximum Gasteiger partial charge on any atom is 0.310 e. The molecule has 102 valence electrons. The third kappa shape index (κ3) is 2.62. The molecule has 0 aromatic heterocycles. The summed E-state index contributed by atoms with van der Waals surface area (Å²) in [5.74, 6) is -1.46. The fraction of sp³-hybridized carbons (Fsp3) is 0.467. The second-order valence-corrected chi connectivity index (χ2v) is 5.39. The number of rotatable bonds is 4. The topological polar surface area (TPSA) is 52.6 Å². The number of esters is 2. The third-order valence-corrected chi connectivity index (χ3v) is 3.76. The van der Waals surface area contributed by atoms with Gasteiger partial charge in [-0.1, -0.05) is 44.2 Å². The zero-order chi connectivity index (χ0) is 14.0. The van der Waals surface area contributed by atoms with Crippen LogP contribution in [0.25, 0.3) is 0 Å². The molecule has 1 aliphatic carbocycles. The van der Waals surface area contributed by atoms with Crippen molar-refractivity contribution < 1.29 is 19.1 Å². The quantitative estimate of drug-likeness (QED) is 0.780. The lowest BCUT2D eigenvalue weighted by Gasteiger charge is -2.05. The Hall–Kier alpha value is -1.84. The van der Waals surface area contributed by atoms with E-state index in [1.165, 1.54) is 7.11 Å². The molecule has 1 aromatic carbocycles. The second kappa shape index (κ2) is 5.03. The van der Waals surface area contributed by atoms with E-state index in [0.29, 0.717) is 0 Å². The van der Waals surface area contributed by atoms with E-state index in [0.717, 1.165) is 5.56 Å². The summed E-state index contributed by atoms with van der Waals surface area (Å²) < 4.78 is 9.97. The van der Waals surface area contributed by atoms with Gasteiger partial charge in [-0.2, -0.15) is 0 Å². The molecule has 4 nitrogen and oxygen atoms in total. The Labute approximate surface area is 112 Å². The lowest BCUT2D eigenvalue weighted by molar-refractivity contribution is -0.150. The van der Waals surface area contributed by atoms with Gasteiger partial charge in [-0.25, -0.2) is 0 Å². The molecule has 1 aromatic rings. The van der Waals surface area contributed by atoms with E-state index in [-0.39, 0.29) is 29.9 Å². The molecule has 0 heterocycles. The van der Waals surface area contributed by atoms with Crippen molar-refractivity contribution in [3.63, 3.8) is 0 Å². The monoisotopic (exact) mass is 262 g/mol. The van der Waals surface area contributed by atoms with Crippen LogP contribution in [-0.4, -0.2) is 19.0 Å². The Morgan fingerprint density at radius 3 is 2.26 bits per heavy atom.